The molecule has 0 bridgehead atoms. The van der Waals surface area contributed by atoms with Gasteiger partial charge < -0.3 is 15.4 Å². The first kappa shape index (κ1) is 15.5. The van der Waals surface area contributed by atoms with Gasteiger partial charge in [0.1, 0.15) is 11.8 Å². The van der Waals surface area contributed by atoms with Crippen molar-refractivity contribution in [2.45, 2.75) is 20.4 Å². The maximum Gasteiger partial charge on any atom is 0.136 e. The Hall–Kier alpha value is -1.57. The van der Waals surface area contributed by atoms with E-state index < -0.39 is 0 Å². The van der Waals surface area contributed by atoms with Crippen LogP contribution in [-0.4, -0.2) is 32.1 Å². The van der Waals surface area contributed by atoms with E-state index in [1.165, 1.54) is 0 Å². The van der Waals surface area contributed by atoms with Gasteiger partial charge in [-0.2, -0.15) is 5.26 Å². The molecule has 0 heterocycles. The molecule has 0 atom stereocenters. The van der Waals surface area contributed by atoms with E-state index in [4.69, 9.17) is 15.7 Å². The molecule has 4 nitrogen and oxygen atoms in total. The highest BCUT2D eigenvalue weighted by Crippen LogP contribution is 2.21. The normalized spacial score (nSPS) is 11.4. The SMILES string of the molecule is COc1ccc(CN(C)CC(C)(C)CN)cc1C#N. The predicted molar refractivity (Wildman–Crippen MR) is 76.9 cm³/mol. The second-order valence-corrected chi connectivity index (χ2v) is 5.69. The van der Waals surface area contributed by atoms with Crippen molar-refractivity contribution in [2.24, 2.45) is 11.1 Å². The fourth-order valence-electron chi connectivity index (χ4n) is 2.10. The summed E-state index contributed by atoms with van der Waals surface area (Å²) < 4.78 is 5.14. The van der Waals surface area contributed by atoms with Crippen LogP contribution < -0.4 is 10.5 Å². The number of benzene rings is 1. The number of nitrogens with two attached hydrogens (primary N) is 1. The van der Waals surface area contributed by atoms with Gasteiger partial charge in [-0.05, 0) is 36.7 Å². The molecule has 0 fully saturated rings. The van der Waals surface area contributed by atoms with Gasteiger partial charge in [0.25, 0.3) is 0 Å². The fourth-order valence-corrected chi connectivity index (χ4v) is 2.10. The summed E-state index contributed by atoms with van der Waals surface area (Å²) in [5, 5.41) is 9.07. The minimum absolute atomic E-state index is 0.0965. The van der Waals surface area contributed by atoms with Gasteiger partial charge in [0, 0.05) is 13.1 Å². The van der Waals surface area contributed by atoms with Crippen molar-refractivity contribution in [3.8, 4) is 11.8 Å². The lowest BCUT2D eigenvalue weighted by Gasteiger charge is -2.29. The topological polar surface area (TPSA) is 62.3 Å². The van der Waals surface area contributed by atoms with E-state index in [2.05, 4.69) is 31.9 Å². The third-order valence-corrected chi connectivity index (χ3v) is 3.09. The van der Waals surface area contributed by atoms with Gasteiger partial charge in [-0.3, -0.25) is 0 Å². The van der Waals surface area contributed by atoms with E-state index >= 15 is 0 Å². The molecular weight excluding hydrogens is 238 g/mol. The molecule has 0 unspecified atom stereocenters. The summed E-state index contributed by atoms with van der Waals surface area (Å²) >= 11 is 0. The average Bonchev–Trinajstić information content (AvgIpc) is 2.37. The summed E-state index contributed by atoms with van der Waals surface area (Å²) in [7, 11) is 3.64. The highest BCUT2D eigenvalue weighted by Gasteiger charge is 2.18. The molecule has 0 aliphatic heterocycles. The molecule has 0 spiro atoms. The van der Waals surface area contributed by atoms with Crippen LogP contribution in [0.3, 0.4) is 0 Å². The smallest absolute Gasteiger partial charge is 0.136 e. The minimum atomic E-state index is 0.0965. The van der Waals surface area contributed by atoms with Gasteiger partial charge in [-0.1, -0.05) is 19.9 Å². The van der Waals surface area contributed by atoms with Crippen LogP contribution in [0.1, 0.15) is 25.0 Å². The second kappa shape index (κ2) is 6.55. The lowest BCUT2D eigenvalue weighted by molar-refractivity contribution is 0.210. The molecule has 0 aliphatic carbocycles. The molecular formula is C15H23N3O. The standard InChI is InChI=1S/C15H23N3O/c1-15(2,10-17)11-18(3)9-12-5-6-14(19-4)13(7-12)8-16/h5-7H,9-11,17H2,1-4H3. The lowest BCUT2D eigenvalue weighted by Crippen LogP contribution is -2.36. The van der Waals surface area contributed by atoms with Crippen molar-refractivity contribution in [3.63, 3.8) is 0 Å². The van der Waals surface area contributed by atoms with E-state index in [0.717, 1.165) is 18.7 Å². The van der Waals surface area contributed by atoms with Gasteiger partial charge in [-0.25, -0.2) is 0 Å². The zero-order valence-electron chi connectivity index (χ0n) is 12.2. The van der Waals surface area contributed by atoms with E-state index in [9.17, 15) is 0 Å². The van der Waals surface area contributed by atoms with Crippen LogP contribution >= 0.6 is 0 Å². The summed E-state index contributed by atoms with van der Waals surface area (Å²) in [5.41, 5.74) is 7.52. The van der Waals surface area contributed by atoms with Crippen LogP contribution in [0.2, 0.25) is 0 Å². The van der Waals surface area contributed by atoms with Crippen LogP contribution in [0, 0.1) is 16.7 Å². The van der Waals surface area contributed by atoms with Crippen molar-refractivity contribution in [3.05, 3.63) is 29.3 Å². The first-order valence-corrected chi connectivity index (χ1v) is 6.37. The van der Waals surface area contributed by atoms with Crippen LogP contribution in [-0.2, 0) is 6.54 Å². The number of methoxy groups -OCH3 is 1. The number of nitrogens with zero attached hydrogens (tertiary/aromatic N) is 2. The van der Waals surface area contributed by atoms with Crippen molar-refractivity contribution < 1.29 is 4.74 Å². The van der Waals surface area contributed by atoms with Gasteiger partial charge in [0.15, 0.2) is 0 Å². The maximum absolute atomic E-state index is 9.07. The third-order valence-electron chi connectivity index (χ3n) is 3.09. The summed E-state index contributed by atoms with van der Waals surface area (Å²) in [6.07, 6.45) is 0. The van der Waals surface area contributed by atoms with Crippen LogP contribution in [0.15, 0.2) is 18.2 Å². The Kier molecular flexibility index (Phi) is 5.34. The van der Waals surface area contributed by atoms with Gasteiger partial charge in [-0.15, -0.1) is 0 Å². The molecule has 0 aromatic heterocycles. The molecule has 0 amide bonds. The molecule has 2 N–H and O–H groups in total. The third kappa shape index (κ3) is 4.55. The second-order valence-electron chi connectivity index (χ2n) is 5.69. The zero-order chi connectivity index (χ0) is 14.5. The summed E-state index contributed by atoms with van der Waals surface area (Å²) in [6.45, 7) is 6.67. The number of hydrogen-bond donors (Lipinski definition) is 1. The molecule has 0 radical (unpaired) electrons. The summed E-state index contributed by atoms with van der Waals surface area (Å²) in [4.78, 5) is 2.22. The molecule has 1 aromatic carbocycles. The van der Waals surface area contributed by atoms with Crippen molar-refractivity contribution in [1.29, 1.82) is 5.26 Å². The van der Waals surface area contributed by atoms with E-state index in [1.807, 2.05) is 18.2 Å². The Morgan fingerprint density at radius 3 is 2.63 bits per heavy atom. The van der Waals surface area contributed by atoms with Crippen LogP contribution in [0.5, 0.6) is 5.75 Å². The summed E-state index contributed by atoms with van der Waals surface area (Å²) in [6, 6.07) is 7.87. The monoisotopic (exact) mass is 261 g/mol. The van der Waals surface area contributed by atoms with E-state index in [-0.39, 0.29) is 5.41 Å². The molecule has 0 aliphatic rings. The largest absolute Gasteiger partial charge is 0.495 e. The number of rotatable bonds is 6. The number of hydrogen-bond acceptors (Lipinski definition) is 4. The predicted octanol–water partition coefficient (Wildman–Crippen LogP) is 1.98. The first-order chi connectivity index (χ1) is 8.91. The van der Waals surface area contributed by atoms with Crippen LogP contribution in [0.4, 0.5) is 0 Å². The van der Waals surface area contributed by atoms with Crippen molar-refractivity contribution in [2.75, 3.05) is 27.2 Å². The van der Waals surface area contributed by atoms with Gasteiger partial charge >= 0.3 is 0 Å². The zero-order valence-corrected chi connectivity index (χ0v) is 12.2. The van der Waals surface area contributed by atoms with Gasteiger partial charge in [0.05, 0.1) is 12.7 Å². The molecule has 0 saturated carbocycles. The van der Waals surface area contributed by atoms with Crippen molar-refractivity contribution >= 4 is 0 Å². The summed E-state index contributed by atoms with van der Waals surface area (Å²) in [5.74, 6) is 0.621. The Morgan fingerprint density at radius 2 is 2.11 bits per heavy atom. The van der Waals surface area contributed by atoms with Crippen LogP contribution in [0.25, 0.3) is 0 Å². The number of ether oxygens (including phenoxy) is 1. The average molecular weight is 261 g/mol. The Balaban J connectivity index is 2.75. The quantitative estimate of drug-likeness (QED) is 0.850. The lowest BCUT2D eigenvalue weighted by atomic mass is 9.93. The molecule has 104 valence electrons. The molecule has 19 heavy (non-hydrogen) atoms. The Labute approximate surface area is 115 Å². The molecule has 1 rings (SSSR count). The minimum Gasteiger partial charge on any atom is -0.495 e. The van der Waals surface area contributed by atoms with Gasteiger partial charge in [0.2, 0.25) is 0 Å². The fraction of sp³-hybridized carbons (Fsp3) is 0.533. The molecule has 4 heteroatoms. The maximum atomic E-state index is 9.07. The highest BCUT2D eigenvalue weighted by molar-refractivity contribution is 5.45. The first-order valence-electron chi connectivity index (χ1n) is 6.37. The molecule has 0 saturated heterocycles. The Bertz CT molecular complexity index is 463. The Morgan fingerprint density at radius 1 is 1.42 bits per heavy atom. The molecule has 1 aromatic rings. The number of nitriles is 1. The van der Waals surface area contributed by atoms with Crippen molar-refractivity contribution in [1.82, 2.24) is 4.90 Å². The van der Waals surface area contributed by atoms with E-state index in [1.54, 1.807) is 7.11 Å². The highest BCUT2D eigenvalue weighted by atomic mass is 16.5. The van der Waals surface area contributed by atoms with E-state index in [0.29, 0.717) is 17.9 Å².